The standard InChI is InChI=1S/C20H18F3N3O4/c1-10-17(12(3)27)11(2)24-18(10)15(28)9-30-16(29)8-26-14-7-5-4-6-13(14)25-19(26)20(21,22)23/h4-7,24H,8-9H2,1-3H3. The minimum atomic E-state index is -4.77. The quantitative estimate of drug-likeness (QED) is 0.485. The van der Waals surface area contributed by atoms with Gasteiger partial charge in [0.15, 0.2) is 12.4 Å². The van der Waals surface area contributed by atoms with Crippen molar-refractivity contribution in [1.82, 2.24) is 14.5 Å². The van der Waals surface area contributed by atoms with Crippen molar-refractivity contribution in [3.8, 4) is 0 Å². The van der Waals surface area contributed by atoms with E-state index in [9.17, 15) is 27.6 Å². The van der Waals surface area contributed by atoms with Crippen molar-refractivity contribution in [2.24, 2.45) is 0 Å². The average Bonchev–Trinajstić information content (AvgIpc) is 3.17. The van der Waals surface area contributed by atoms with E-state index in [-0.39, 0.29) is 22.5 Å². The molecule has 0 bridgehead atoms. The summed E-state index contributed by atoms with van der Waals surface area (Å²) in [5.74, 6) is -3.06. The van der Waals surface area contributed by atoms with Crippen molar-refractivity contribution in [2.75, 3.05) is 6.61 Å². The molecule has 0 spiro atoms. The lowest BCUT2D eigenvalue weighted by atomic mass is 10.1. The fourth-order valence-corrected chi connectivity index (χ4v) is 3.40. The van der Waals surface area contributed by atoms with Crippen molar-refractivity contribution in [2.45, 2.75) is 33.5 Å². The number of nitrogens with zero attached hydrogens (tertiary/aromatic N) is 2. The summed E-state index contributed by atoms with van der Waals surface area (Å²) in [6, 6.07) is 5.87. The number of ketones is 2. The second kappa shape index (κ2) is 7.77. The number of H-pyrrole nitrogens is 1. The Morgan fingerprint density at radius 3 is 2.43 bits per heavy atom. The van der Waals surface area contributed by atoms with Crippen LogP contribution in [0.4, 0.5) is 13.2 Å². The Morgan fingerprint density at radius 2 is 1.83 bits per heavy atom. The van der Waals surface area contributed by atoms with Gasteiger partial charge < -0.3 is 14.3 Å². The number of hydrogen-bond donors (Lipinski definition) is 1. The van der Waals surface area contributed by atoms with Gasteiger partial charge in [0.05, 0.1) is 16.7 Å². The average molecular weight is 421 g/mol. The highest BCUT2D eigenvalue weighted by atomic mass is 19.4. The molecule has 0 amide bonds. The minimum absolute atomic E-state index is 0.0861. The normalized spacial score (nSPS) is 11.7. The molecule has 30 heavy (non-hydrogen) atoms. The van der Waals surface area contributed by atoms with E-state index < -0.39 is 36.9 Å². The van der Waals surface area contributed by atoms with Crippen LogP contribution in [0.5, 0.6) is 0 Å². The highest BCUT2D eigenvalue weighted by Crippen LogP contribution is 2.31. The van der Waals surface area contributed by atoms with Crippen LogP contribution in [0.1, 0.15) is 44.9 Å². The topological polar surface area (TPSA) is 94.0 Å². The SMILES string of the molecule is CC(=O)c1c(C)[nH]c(C(=O)COC(=O)Cn2c(C(F)(F)F)nc3ccccc32)c1C. The van der Waals surface area contributed by atoms with Crippen molar-refractivity contribution in [3.05, 3.63) is 52.6 Å². The first-order chi connectivity index (χ1) is 14.0. The summed E-state index contributed by atoms with van der Waals surface area (Å²) in [6.45, 7) is 3.15. The maximum absolute atomic E-state index is 13.3. The Labute approximate surface area is 168 Å². The number of rotatable bonds is 6. The summed E-state index contributed by atoms with van der Waals surface area (Å²) in [5.41, 5.74) is 1.65. The van der Waals surface area contributed by atoms with Crippen LogP contribution in [0.25, 0.3) is 11.0 Å². The second-order valence-electron chi connectivity index (χ2n) is 6.77. The molecule has 0 aliphatic heterocycles. The largest absolute Gasteiger partial charge is 0.456 e. The monoisotopic (exact) mass is 421 g/mol. The number of aromatic nitrogens is 3. The van der Waals surface area contributed by atoms with Gasteiger partial charge in [-0.05, 0) is 38.5 Å². The predicted molar refractivity (Wildman–Crippen MR) is 100 cm³/mol. The molecular formula is C20H18F3N3O4. The maximum Gasteiger partial charge on any atom is 0.449 e. The number of benzene rings is 1. The molecule has 1 N–H and O–H groups in total. The van der Waals surface area contributed by atoms with E-state index in [2.05, 4.69) is 9.97 Å². The van der Waals surface area contributed by atoms with Crippen LogP contribution in [0, 0.1) is 13.8 Å². The van der Waals surface area contributed by atoms with E-state index in [1.54, 1.807) is 13.8 Å². The summed E-state index contributed by atoms with van der Waals surface area (Å²) in [6.07, 6.45) is -4.77. The smallest absolute Gasteiger partial charge is 0.449 e. The molecule has 3 aromatic rings. The number of aryl methyl sites for hydroxylation is 1. The lowest BCUT2D eigenvalue weighted by Crippen LogP contribution is -2.22. The minimum Gasteiger partial charge on any atom is -0.456 e. The molecule has 2 heterocycles. The lowest BCUT2D eigenvalue weighted by Gasteiger charge is -2.11. The number of aromatic amines is 1. The summed E-state index contributed by atoms with van der Waals surface area (Å²) < 4.78 is 45.5. The number of Topliss-reactive ketones (excluding diaryl/α,β-unsaturated/α-hetero) is 2. The van der Waals surface area contributed by atoms with E-state index in [1.807, 2.05) is 0 Å². The van der Waals surface area contributed by atoms with Crippen LogP contribution < -0.4 is 0 Å². The zero-order valence-corrected chi connectivity index (χ0v) is 16.4. The molecule has 2 aromatic heterocycles. The van der Waals surface area contributed by atoms with Gasteiger partial charge in [-0.1, -0.05) is 12.1 Å². The number of hydrogen-bond acceptors (Lipinski definition) is 5. The number of esters is 1. The summed E-state index contributed by atoms with van der Waals surface area (Å²) in [4.78, 5) is 42.6. The first kappa shape index (κ1) is 21.3. The molecule has 0 unspecified atom stereocenters. The lowest BCUT2D eigenvalue weighted by molar-refractivity contribution is -0.150. The highest BCUT2D eigenvalue weighted by Gasteiger charge is 2.38. The highest BCUT2D eigenvalue weighted by molar-refractivity contribution is 6.04. The van der Waals surface area contributed by atoms with Gasteiger partial charge in [-0.3, -0.25) is 14.4 Å². The number of halogens is 3. The first-order valence-corrected chi connectivity index (χ1v) is 8.92. The van der Waals surface area contributed by atoms with Crippen molar-refractivity contribution >= 4 is 28.6 Å². The fourth-order valence-electron chi connectivity index (χ4n) is 3.40. The van der Waals surface area contributed by atoms with E-state index >= 15 is 0 Å². The second-order valence-corrected chi connectivity index (χ2v) is 6.77. The molecule has 3 rings (SSSR count). The molecule has 0 fully saturated rings. The Hall–Kier alpha value is -3.43. The van der Waals surface area contributed by atoms with Gasteiger partial charge in [0, 0.05) is 11.3 Å². The Morgan fingerprint density at radius 1 is 1.17 bits per heavy atom. The number of para-hydroxylation sites is 2. The number of carbonyl (C=O) groups excluding carboxylic acids is 3. The molecule has 0 saturated carbocycles. The molecule has 158 valence electrons. The molecule has 10 heteroatoms. The van der Waals surface area contributed by atoms with Crippen LogP contribution in [-0.4, -0.2) is 38.7 Å². The number of fused-ring (bicyclic) bond motifs is 1. The van der Waals surface area contributed by atoms with Crippen LogP contribution in [-0.2, 0) is 22.3 Å². The predicted octanol–water partition coefficient (Wildman–Crippen LogP) is 3.63. The summed E-state index contributed by atoms with van der Waals surface area (Å²) >= 11 is 0. The van der Waals surface area contributed by atoms with Crippen LogP contribution in [0.2, 0.25) is 0 Å². The number of carbonyl (C=O) groups is 3. The Bertz CT molecular complexity index is 1160. The van der Waals surface area contributed by atoms with Gasteiger partial charge in [-0.25, -0.2) is 4.98 Å². The molecule has 0 atom stereocenters. The summed E-state index contributed by atoms with van der Waals surface area (Å²) in [7, 11) is 0. The zero-order chi connectivity index (χ0) is 22.2. The van der Waals surface area contributed by atoms with E-state index in [0.717, 1.165) is 0 Å². The zero-order valence-electron chi connectivity index (χ0n) is 16.4. The third-order valence-corrected chi connectivity index (χ3v) is 4.63. The number of imidazole rings is 1. The van der Waals surface area contributed by atoms with Gasteiger partial charge in [-0.15, -0.1) is 0 Å². The molecule has 0 aliphatic rings. The molecule has 7 nitrogen and oxygen atoms in total. The molecule has 1 aromatic carbocycles. The van der Waals surface area contributed by atoms with Gasteiger partial charge >= 0.3 is 12.1 Å². The Balaban J connectivity index is 1.77. The molecule has 0 saturated heterocycles. The van der Waals surface area contributed by atoms with Gasteiger partial charge in [0.2, 0.25) is 11.6 Å². The van der Waals surface area contributed by atoms with Crippen molar-refractivity contribution in [3.63, 3.8) is 0 Å². The number of nitrogens with one attached hydrogen (secondary N) is 1. The molecule has 0 aliphatic carbocycles. The van der Waals surface area contributed by atoms with Crippen LogP contribution in [0.15, 0.2) is 24.3 Å². The molecular weight excluding hydrogens is 403 g/mol. The molecule has 0 radical (unpaired) electrons. The Kier molecular flexibility index (Phi) is 5.51. The number of alkyl halides is 3. The van der Waals surface area contributed by atoms with E-state index in [1.165, 1.54) is 31.2 Å². The van der Waals surface area contributed by atoms with Crippen molar-refractivity contribution in [1.29, 1.82) is 0 Å². The van der Waals surface area contributed by atoms with E-state index in [4.69, 9.17) is 4.74 Å². The van der Waals surface area contributed by atoms with E-state index in [0.29, 0.717) is 21.4 Å². The summed E-state index contributed by atoms with van der Waals surface area (Å²) in [5, 5.41) is 0. The van der Waals surface area contributed by atoms with Crippen LogP contribution >= 0.6 is 0 Å². The van der Waals surface area contributed by atoms with Gasteiger partial charge in [-0.2, -0.15) is 13.2 Å². The third kappa shape index (κ3) is 3.98. The van der Waals surface area contributed by atoms with Crippen molar-refractivity contribution < 1.29 is 32.3 Å². The van der Waals surface area contributed by atoms with Gasteiger partial charge in [0.1, 0.15) is 6.54 Å². The first-order valence-electron chi connectivity index (χ1n) is 8.92. The number of ether oxygens (including phenoxy) is 1. The van der Waals surface area contributed by atoms with Gasteiger partial charge in [0.25, 0.3) is 0 Å². The maximum atomic E-state index is 13.3. The fraction of sp³-hybridized carbons (Fsp3) is 0.300. The van der Waals surface area contributed by atoms with Crippen LogP contribution in [0.3, 0.4) is 0 Å². The third-order valence-electron chi connectivity index (χ3n) is 4.63.